The van der Waals surface area contributed by atoms with Crippen LogP contribution in [0.4, 0.5) is 0 Å². The molecule has 0 unspecified atom stereocenters. The van der Waals surface area contributed by atoms with Crippen LogP contribution in [0.15, 0.2) is 11.6 Å². The Bertz CT molecular complexity index is 323. The van der Waals surface area contributed by atoms with Gasteiger partial charge in [0.1, 0.15) is 0 Å². The molecule has 0 heterocycles. The first kappa shape index (κ1) is 9.93. The lowest BCUT2D eigenvalue weighted by Gasteiger charge is -2.30. The standard InChI is InChI=1S/C15H24/c1-10-5-6-13-12(10)9-14(2,3)7-11-8-15(11,13)4/h6,10-12H,5,7-9H2,1-4H3/t10-,11-,12-,15+/m0/s1. The van der Waals surface area contributed by atoms with Crippen LogP contribution in [0.5, 0.6) is 0 Å². The molecular formula is C15H24. The van der Waals surface area contributed by atoms with Gasteiger partial charge in [-0.15, -0.1) is 0 Å². The minimum atomic E-state index is 0.585. The molecule has 84 valence electrons. The van der Waals surface area contributed by atoms with E-state index >= 15 is 0 Å². The molecular weight excluding hydrogens is 180 g/mol. The Kier molecular flexibility index (Phi) is 1.79. The molecule has 3 aliphatic carbocycles. The minimum absolute atomic E-state index is 0.585. The molecule has 2 saturated carbocycles. The maximum atomic E-state index is 2.59. The van der Waals surface area contributed by atoms with Crippen molar-refractivity contribution in [2.75, 3.05) is 0 Å². The molecule has 4 atom stereocenters. The maximum Gasteiger partial charge on any atom is -0.00818 e. The zero-order chi connectivity index (χ0) is 10.8. The molecule has 2 fully saturated rings. The average molecular weight is 204 g/mol. The van der Waals surface area contributed by atoms with Crippen molar-refractivity contribution in [3.8, 4) is 0 Å². The molecule has 0 aromatic carbocycles. The van der Waals surface area contributed by atoms with Crippen LogP contribution in [0.2, 0.25) is 0 Å². The fraction of sp³-hybridized carbons (Fsp3) is 0.867. The van der Waals surface area contributed by atoms with Crippen LogP contribution in [0.3, 0.4) is 0 Å². The molecule has 0 nitrogen and oxygen atoms in total. The molecule has 0 aliphatic heterocycles. The van der Waals surface area contributed by atoms with Crippen molar-refractivity contribution in [2.24, 2.45) is 28.6 Å². The van der Waals surface area contributed by atoms with Crippen LogP contribution in [-0.4, -0.2) is 0 Å². The summed E-state index contributed by atoms with van der Waals surface area (Å²) >= 11 is 0. The second kappa shape index (κ2) is 2.70. The van der Waals surface area contributed by atoms with Crippen LogP contribution in [-0.2, 0) is 0 Å². The zero-order valence-electron chi connectivity index (χ0n) is 10.6. The van der Waals surface area contributed by atoms with Crippen LogP contribution >= 0.6 is 0 Å². The van der Waals surface area contributed by atoms with E-state index in [1.165, 1.54) is 25.7 Å². The van der Waals surface area contributed by atoms with Gasteiger partial charge >= 0.3 is 0 Å². The topological polar surface area (TPSA) is 0 Å². The highest BCUT2D eigenvalue weighted by Gasteiger charge is 2.58. The van der Waals surface area contributed by atoms with Crippen molar-refractivity contribution in [3.05, 3.63) is 11.6 Å². The quantitative estimate of drug-likeness (QED) is 0.513. The lowest BCUT2D eigenvalue weighted by atomic mass is 9.75. The number of rotatable bonds is 0. The normalized spacial score (nSPS) is 51.5. The Balaban J connectivity index is 1.98. The summed E-state index contributed by atoms with van der Waals surface area (Å²) in [6, 6.07) is 0. The molecule has 0 aromatic rings. The molecule has 0 N–H and O–H groups in total. The van der Waals surface area contributed by atoms with Crippen LogP contribution < -0.4 is 0 Å². The molecule has 0 saturated heterocycles. The Morgan fingerprint density at radius 1 is 1.13 bits per heavy atom. The van der Waals surface area contributed by atoms with Crippen LogP contribution in [0.1, 0.15) is 53.4 Å². The van der Waals surface area contributed by atoms with Gasteiger partial charge in [0.2, 0.25) is 0 Å². The summed E-state index contributed by atoms with van der Waals surface area (Å²) in [7, 11) is 0. The molecule has 0 spiro atoms. The monoisotopic (exact) mass is 204 g/mol. The number of hydrogen-bond donors (Lipinski definition) is 0. The highest BCUT2D eigenvalue weighted by Crippen LogP contribution is 2.68. The summed E-state index contributed by atoms with van der Waals surface area (Å²) < 4.78 is 0. The van der Waals surface area contributed by atoms with Crippen molar-refractivity contribution in [1.29, 1.82) is 0 Å². The summed E-state index contributed by atoms with van der Waals surface area (Å²) in [4.78, 5) is 0. The van der Waals surface area contributed by atoms with E-state index < -0.39 is 0 Å². The van der Waals surface area contributed by atoms with Crippen molar-refractivity contribution in [3.63, 3.8) is 0 Å². The van der Waals surface area contributed by atoms with E-state index in [9.17, 15) is 0 Å². The van der Waals surface area contributed by atoms with Crippen molar-refractivity contribution < 1.29 is 0 Å². The molecule has 0 aromatic heterocycles. The van der Waals surface area contributed by atoms with Gasteiger partial charge in [0, 0.05) is 0 Å². The van der Waals surface area contributed by atoms with Gasteiger partial charge < -0.3 is 0 Å². The smallest absolute Gasteiger partial charge is 0.00818 e. The molecule has 15 heavy (non-hydrogen) atoms. The van der Waals surface area contributed by atoms with Gasteiger partial charge in [0.15, 0.2) is 0 Å². The summed E-state index contributed by atoms with van der Waals surface area (Å²) in [6.07, 6.45) is 8.32. The fourth-order valence-corrected chi connectivity index (χ4v) is 4.35. The summed E-state index contributed by atoms with van der Waals surface area (Å²) in [5.41, 5.74) is 3.07. The fourth-order valence-electron chi connectivity index (χ4n) is 4.35. The predicted octanol–water partition coefficient (Wildman–Crippen LogP) is 4.42. The zero-order valence-corrected chi connectivity index (χ0v) is 10.6. The average Bonchev–Trinajstić information content (AvgIpc) is 2.59. The van der Waals surface area contributed by atoms with Gasteiger partial charge in [-0.1, -0.05) is 39.3 Å². The van der Waals surface area contributed by atoms with Gasteiger partial charge in [-0.2, -0.15) is 0 Å². The first-order chi connectivity index (χ1) is 6.92. The van der Waals surface area contributed by atoms with E-state index in [1.54, 1.807) is 0 Å². The molecule has 0 amide bonds. The van der Waals surface area contributed by atoms with E-state index in [2.05, 4.69) is 33.8 Å². The van der Waals surface area contributed by atoms with E-state index in [4.69, 9.17) is 0 Å². The summed E-state index contributed by atoms with van der Waals surface area (Å²) in [5, 5.41) is 0. The van der Waals surface area contributed by atoms with Gasteiger partial charge in [0.25, 0.3) is 0 Å². The number of allylic oxidation sites excluding steroid dienone is 2. The lowest BCUT2D eigenvalue weighted by Crippen LogP contribution is -2.19. The highest BCUT2D eigenvalue weighted by molar-refractivity contribution is 5.32. The van der Waals surface area contributed by atoms with Crippen molar-refractivity contribution in [2.45, 2.75) is 53.4 Å². The largest absolute Gasteiger partial charge is 0.0842 e. The minimum Gasteiger partial charge on any atom is -0.0842 e. The molecule has 3 aliphatic rings. The maximum absolute atomic E-state index is 2.59. The summed E-state index contributed by atoms with van der Waals surface area (Å²) in [6.45, 7) is 9.95. The second-order valence-electron chi connectivity index (χ2n) is 7.37. The first-order valence-corrected chi connectivity index (χ1v) is 6.63. The lowest BCUT2D eigenvalue weighted by molar-refractivity contribution is 0.237. The second-order valence-corrected chi connectivity index (χ2v) is 7.37. The highest BCUT2D eigenvalue weighted by atomic mass is 14.6. The Labute approximate surface area is 94.1 Å². The third-order valence-corrected chi connectivity index (χ3v) is 5.44. The van der Waals surface area contributed by atoms with Crippen molar-refractivity contribution >= 4 is 0 Å². The number of fused-ring (bicyclic) bond motifs is 3. The predicted molar refractivity (Wildman–Crippen MR) is 64.6 cm³/mol. The van der Waals surface area contributed by atoms with E-state index in [0.29, 0.717) is 10.8 Å². The van der Waals surface area contributed by atoms with Gasteiger partial charge in [-0.05, 0) is 54.3 Å². The van der Waals surface area contributed by atoms with Gasteiger partial charge in [-0.3, -0.25) is 0 Å². The van der Waals surface area contributed by atoms with Gasteiger partial charge in [-0.25, -0.2) is 0 Å². The molecule has 0 radical (unpaired) electrons. The molecule has 3 rings (SSSR count). The molecule has 0 heteroatoms. The van der Waals surface area contributed by atoms with Crippen molar-refractivity contribution in [1.82, 2.24) is 0 Å². The Morgan fingerprint density at radius 3 is 2.60 bits per heavy atom. The van der Waals surface area contributed by atoms with E-state index in [-0.39, 0.29) is 0 Å². The van der Waals surface area contributed by atoms with Crippen LogP contribution in [0.25, 0.3) is 0 Å². The van der Waals surface area contributed by atoms with E-state index in [1.807, 2.05) is 5.57 Å². The van der Waals surface area contributed by atoms with E-state index in [0.717, 1.165) is 17.8 Å². The Hall–Kier alpha value is -0.260. The Morgan fingerprint density at radius 2 is 1.87 bits per heavy atom. The third-order valence-electron chi connectivity index (χ3n) is 5.44. The number of hydrogen-bond acceptors (Lipinski definition) is 0. The summed E-state index contributed by atoms with van der Waals surface area (Å²) in [5.74, 6) is 2.84. The van der Waals surface area contributed by atoms with Crippen LogP contribution in [0, 0.1) is 28.6 Å². The molecule has 0 bridgehead atoms. The SMILES string of the molecule is C[C@H]1CC=C2[C@H]1CC(C)(C)C[C@H]1C[C@@]21C. The first-order valence-electron chi connectivity index (χ1n) is 6.63. The third kappa shape index (κ3) is 1.33. The van der Waals surface area contributed by atoms with Gasteiger partial charge in [0.05, 0.1) is 0 Å².